The van der Waals surface area contributed by atoms with Gasteiger partial charge in [0.2, 0.25) is 0 Å². The molecule has 0 atom stereocenters. The fourth-order valence-electron chi connectivity index (χ4n) is 0.639. The average Bonchev–Trinajstić information content (AvgIpc) is 2.50. The molecule has 0 spiro atoms. The fourth-order valence-corrected chi connectivity index (χ4v) is 1.39. The van der Waals surface area contributed by atoms with Crippen molar-refractivity contribution >= 4 is 17.2 Å². The monoisotopic (exact) mass is 167 g/mol. The lowest BCUT2D eigenvalue weighted by Gasteiger charge is -1.93. The molecule has 0 bridgehead atoms. The highest BCUT2D eigenvalue weighted by molar-refractivity contribution is 7.12. The number of hydrazine groups is 1. The molecule has 1 amide bonds. The molecule has 4 nitrogen and oxygen atoms in total. The van der Waals surface area contributed by atoms with Gasteiger partial charge in [0.05, 0.1) is 5.56 Å². The van der Waals surface area contributed by atoms with Crippen LogP contribution in [-0.4, -0.2) is 5.91 Å². The lowest BCUT2D eigenvalue weighted by Crippen LogP contribution is -2.29. The molecule has 1 aromatic rings. The Labute approximate surface area is 67.2 Å². The van der Waals surface area contributed by atoms with E-state index < -0.39 is 5.91 Å². The summed E-state index contributed by atoms with van der Waals surface area (Å²) in [5.41, 5.74) is 2.32. The van der Waals surface area contributed by atoms with Gasteiger partial charge in [0.25, 0.3) is 5.91 Å². The highest BCUT2D eigenvalue weighted by Crippen LogP contribution is 2.14. The molecule has 11 heavy (non-hydrogen) atoms. The molecule has 0 radical (unpaired) electrons. The average molecular weight is 167 g/mol. The third-order valence-corrected chi connectivity index (χ3v) is 2.04. The zero-order chi connectivity index (χ0) is 8.27. The molecule has 0 fully saturated rings. The SMILES string of the molecule is N#Cc1ccsc1C(=O)NN. The Hall–Kier alpha value is -1.38. The molecule has 0 aliphatic rings. The van der Waals surface area contributed by atoms with Crippen molar-refractivity contribution < 1.29 is 4.79 Å². The quantitative estimate of drug-likeness (QED) is 0.357. The molecule has 0 aliphatic heterocycles. The number of hydrogen-bond donors (Lipinski definition) is 2. The van der Waals surface area contributed by atoms with Gasteiger partial charge >= 0.3 is 0 Å². The fraction of sp³-hybridized carbons (Fsp3) is 0. The molecule has 0 aliphatic carbocycles. The molecule has 5 heteroatoms. The van der Waals surface area contributed by atoms with E-state index in [0.717, 1.165) is 0 Å². The summed E-state index contributed by atoms with van der Waals surface area (Å²) in [4.78, 5) is 11.2. The van der Waals surface area contributed by atoms with E-state index in [0.29, 0.717) is 10.4 Å². The predicted molar refractivity (Wildman–Crippen MR) is 40.7 cm³/mol. The number of nitrogen functional groups attached to an aromatic ring is 1. The summed E-state index contributed by atoms with van der Waals surface area (Å²) in [7, 11) is 0. The smallest absolute Gasteiger partial charge is 0.276 e. The minimum absolute atomic E-state index is 0.356. The van der Waals surface area contributed by atoms with Crippen molar-refractivity contribution in [2.24, 2.45) is 5.84 Å². The van der Waals surface area contributed by atoms with E-state index in [9.17, 15) is 4.79 Å². The number of nitrogens with zero attached hydrogens (tertiary/aromatic N) is 1. The van der Waals surface area contributed by atoms with Crippen LogP contribution in [0.2, 0.25) is 0 Å². The molecule has 1 aromatic heterocycles. The van der Waals surface area contributed by atoms with Gasteiger partial charge in [-0.15, -0.1) is 11.3 Å². The Kier molecular flexibility index (Phi) is 2.21. The minimum Gasteiger partial charge on any atom is -0.289 e. The second-order valence-corrected chi connectivity index (χ2v) is 2.66. The van der Waals surface area contributed by atoms with Gasteiger partial charge in [-0.25, -0.2) is 5.84 Å². The highest BCUT2D eigenvalue weighted by Gasteiger charge is 2.10. The summed E-state index contributed by atoms with van der Waals surface area (Å²) in [6.45, 7) is 0. The first-order valence-electron chi connectivity index (χ1n) is 2.78. The second kappa shape index (κ2) is 3.14. The Morgan fingerprint density at radius 2 is 2.55 bits per heavy atom. The van der Waals surface area contributed by atoms with Crippen LogP contribution in [0, 0.1) is 11.3 Å². The standard InChI is InChI=1S/C6H5N3OS/c7-3-4-1-2-11-5(4)6(10)9-8/h1-2H,8H2,(H,9,10). The lowest BCUT2D eigenvalue weighted by molar-refractivity contribution is 0.0957. The number of carbonyl (C=O) groups excluding carboxylic acids is 1. The summed E-state index contributed by atoms with van der Waals surface area (Å²) in [5.74, 6) is 4.46. The van der Waals surface area contributed by atoms with Crippen LogP contribution < -0.4 is 11.3 Å². The molecule has 1 heterocycles. The van der Waals surface area contributed by atoms with Crippen molar-refractivity contribution in [2.75, 3.05) is 0 Å². The molecule has 0 unspecified atom stereocenters. The molecular weight excluding hydrogens is 162 g/mol. The molecule has 3 N–H and O–H groups in total. The normalized spacial score (nSPS) is 8.73. The first-order valence-corrected chi connectivity index (χ1v) is 3.66. The van der Waals surface area contributed by atoms with Gasteiger partial charge in [0, 0.05) is 0 Å². The molecule has 0 saturated heterocycles. The first kappa shape index (κ1) is 7.72. The van der Waals surface area contributed by atoms with Crippen LogP contribution in [0.3, 0.4) is 0 Å². The molecule has 56 valence electrons. The third-order valence-electron chi connectivity index (χ3n) is 1.12. The minimum atomic E-state index is -0.420. The number of hydrogen-bond acceptors (Lipinski definition) is 4. The number of nitriles is 1. The Morgan fingerprint density at radius 1 is 1.82 bits per heavy atom. The van der Waals surface area contributed by atoms with E-state index in [1.54, 1.807) is 11.4 Å². The van der Waals surface area contributed by atoms with Gasteiger partial charge in [-0.1, -0.05) is 0 Å². The summed E-state index contributed by atoms with van der Waals surface area (Å²) in [6.07, 6.45) is 0. The van der Waals surface area contributed by atoms with Crippen molar-refractivity contribution in [3.8, 4) is 6.07 Å². The van der Waals surface area contributed by atoms with E-state index in [1.165, 1.54) is 11.3 Å². The van der Waals surface area contributed by atoms with Gasteiger partial charge in [0.1, 0.15) is 10.9 Å². The number of amides is 1. The first-order chi connectivity index (χ1) is 5.29. The van der Waals surface area contributed by atoms with Crippen molar-refractivity contribution in [3.05, 3.63) is 21.9 Å². The van der Waals surface area contributed by atoms with Crippen LogP contribution in [0.4, 0.5) is 0 Å². The Bertz CT molecular complexity index is 312. The lowest BCUT2D eigenvalue weighted by atomic mass is 10.3. The third kappa shape index (κ3) is 1.37. The molecule has 0 saturated carbocycles. The van der Waals surface area contributed by atoms with Gasteiger partial charge in [-0.2, -0.15) is 5.26 Å². The van der Waals surface area contributed by atoms with Crippen LogP contribution in [-0.2, 0) is 0 Å². The zero-order valence-electron chi connectivity index (χ0n) is 5.50. The van der Waals surface area contributed by atoms with Crippen molar-refractivity contribution in [1.82, 2.24) is 5.43 Å². The summed E-state index contributed by atoms with van der Waals surface area (Å²) in [6, 6.07) is 3.46. The number of carbonyl (C=O) groups is 1. The van der Waals surface area contributed by atoms with Crippen LogP contribution in [0.15, 0.2) is 11.4 Å². The maximum Gasteiger partial charge on any atom is 0.276 e. The predicted octanol–water partition coefficient (Wildman–Crippen LogP) is 0.223. The van der Waals surface area contributed by atoms with Gasteiger partial charge in [0.15, 0.2) is 0 Å². The molecule has 0 aromatic carbocycles. The van der Waals surface area contributed by atoms with E-state index in [4.69, 9.17) is 11.1 Å². The summed E-state index contributed by atoms with van der Waals surface area (Å²) in [5, 5.41) is 10.2. The molecule has 1 rings (SSSR count). The topological polar surface area (TPSA) is 78.9 Å². The van der Waals surface area contributed by atoms with E-state index in [2.05, 4.69) is 0 Å². The maximum atomic E-state index is 10.9. The van der Waals surface area contributed by atoms with Gasteiger partial charge in [-0.3, -0.25) is 10.2 Å². The second-order valence-electron chi connectivity index (χ2n) is 1.75. The van der Waals surface area contributed by atoms with Crippen molar-refractivity contribution in [2.45, 2.75) is 0 Å². The highest BCUT2D eigenvalue weighted by atomic mass is 32.1. The Balaban J connectivity index is 3.05. The van der Waals surface area contributed by atoms with Gasteiger partial charge < -0.3 is 0 Å². The van der Waals surface area contributed by atoms with Crippen LogP contribution in [0.1, 0.15) is 15.2 Å². The number of nitrogens with two attached hydrogens (primary N) is 1. The summed E-state index contributed by atoms with van der Waals surface area (Å²) >= 11 is 1.19. The largest absolute Gasteiger partial charge is 0.289 e. The van der Waals surface area contributed by atoms with Crippen LogP contribution in [0.25, 0.3) is 0 Å². The molecular formula is C6H5N3OS. The van der Waals surface area contributed by atoms with Gasteiger partial charge in [-0.05, 0) is 11.4 Å². The number of nitrogens with one attached hydrogen (secondary N) is 1. The summed E-state index contributed by atoms with van der Waals surface area (Å²) < 4.78 is 0. The van der Waals surface area contributed by atoms with E-state index in [1.807, 2.05) is 11.5 Å². The zero-order valence-corrected chi connectivity index (χ0v) is 6.31. The van der Waals surface area contributed by atoms with Crippen molar-refractivity contribution in [1.29, 1.82) is 5.26 Å². The Morgan fingerprint density at radius 3 is 3.09 bits per heavy atom. The van der Waals surface area contributed by atoms with Crippen molar-refractivity contribution in [3.63, 3.8) is 0 Å². The van der Waals surface area contributed by atoms with Crippen LogP contribution >= 0.6 is 11.3 Å². The van der Waals surface area contributed by atoms with E-state index in [-0.39, 0.29) is 0 Å². The number of thiophene rings is 1. The van der Waals surface area contributed by atoms with E-state index >= 15 is 0 Å². The number of rotatable bonds is 1. The van der Waals surface area contributed by atoms with Crippen LogP contribution in [0.5, 0.6) is 0 Å². The maximum absolute atomic E-state index is 10.9.